The molecule has 0 unspecified atom stereocenters. The minimum Gasteiger partial charge on any atom is -0.354 e. The molecule has 1 aromatic carbocycles. The van der Waals surface area contributed by atoms with E-state index in [-0.39, 0.29) is 11.8 Å². The fourth-order valence-electron chi connectivity index (χ4n) is 5.63. The summed E-state index contributed by atoms with van der Waals surface area (Å²) in [6, 6.07) is 9.30. The number of carbonyl (C=O) groups is 2. The highest BCUT2D eigenvalue weighted by atomic mass is 32.2. The first-order valence-electron chi connectivity index (χ1n) is 13.2. The monoisotopic (exact) mass is 486 g/mol. The summed E-state index contributed by atoms with van der Waals surface area (Å²) in [7, 11) is 0. The molecule has 1 aliphatic carbocycles. The van der Waals surface area contributed by atoms with E-state index in [4.69, 9.17) is 5.73 Å². The lowest BCUT2D eigenvalue weighted by Crippen LogP contribution is -2.58. The van der Waals surface area contributed by atoms with Gasteiger partial charge in [0.2, 0.25) is 11.8 Å². The minimum absolute atomic E-state index is 0.0964. The van der Waals surface area contributed by atoms with E-state index in [0.29, 0.717) is 31.7 Å². The van der Waals surface area contributed by atoms with Gasteiger partial charge < -0.3 is 21.3 Å². The first kappa shape index (κ1) is 25.5. The molecule has 0 aromatic heterocycles. The summed E-state index contributed by atoms with van der Waals surface area (Å²) in [6.07, 6.45) is 8.78. The second-order valence-corrected chi connectivity index (χ2v) is 11.8. The zero-order chi connectivity index (χ0) is 23.8. The van der Waals surface area contributed by atoms with E-state index in [1.165, 1.54) is 30.9 Å². The molecule has 6 nitrogen and oxygen atoms in total. The van der Waals surface area contributed by atoms with Crippen LogP contribution in [-0.2, 0) is 16.0 Å². The quantitative estimate of drug-likeness (QED) is 0.500. The van der Waals surface area contributed by atoms with E-state index in [0.717, 1.165) is 50.3 Å². The number of piperidine rings is 1. The van der Waals surface area contributed by atoms with Crippen LogP contribution in [0.25, 0.3) is 0 Å². The van der Waals surface area contributed by atoms with Crippen molar-refractivity contribution < 1.29 is 9.59 Å². The molecule has 1 aromatic rings. The number of likely N-dealkylation sites (tertiary alicyclic amines) is 1. The molecule has 4 rings (SSSR count). The van der Waals surface area contributed by atoms with Crippen molar-refractivity contribution in [1.29, 1.82) is 0 Å². The lowest BCUT2D eigenvalue weighted by molar-refractivity contribution is -0.132. The Labute approximate surface area is 209 Å². The van der Waals surface area contributed by atoms with E-state index < -0.39 is 11.6 Å². The molecule has 4 N–H and O–H groups in total. The molecule has 0 spiro atoms. The van der Waals surface area contributed by atoms with Crippen LogP contribution < -0.4 is 16.4 Å². The second-order valence-electron chi connectivity index (χ2n) is 10.6. The van der Waals surface area contributed by atoms with Crippen molar-refractivity contribution in [1.82, 2.24) is 15.5 Å². The van der Waals surface area contributed by atoms with Crippen molar-refractivity contribution in [3.8, 4) is 0 Å². The highest BCUT2D eigenvalue weighted by Gasteiger charge is 2.38. The number of benzene rings is 1. The summed E-state index contributed by atoms with van der Waals surface area (Å²) < 4.78 is 0. The Morgan fingerprint density at radius 2 is 1.71 bits per heavy atom. The van der Waals surface area contributed by atoms with Crippen LogP contribution in [0.4, 0.5) is 0 Å². The van der Waals surface area contributed by atoms with Crippen molar-refractivity contribution in [3.63, 3.8) is 0 Å². The lowest BCUT2D eigenvalue weighted by Gasteiger charge is -2.35. The lowest BCUT2D eigenvalue weighted by atomic mass is 9.94. The summed E-state index contributed by atoms with van der Waals surface area (Å²) in [6.45, 7) is 4.18. The van der Waals surface area contributed by atoms with Gasteiger partial charge in [-0.3, -0.25) is 9.59 Å². The van der Waals surface area contributed by atoms with Crippen LogP contribution >= 0.6 is 11.8 Å². The molecule has 2 aliphatic heterocycles. The van der Waals surface area contributed by atoms with Crippen LogP contribution in [0.15, 0.2) is 30.3 Å². The fraction of sp³-hybridized carbons (Fsp3) is 0.704. The number of thioether (sulfide) groups is 1. The highest BCUT2D eigenvalue weighted by molar-refractivity contribution is 7.99. The van der Waals surface area contributed by atoms with E-state index in [9.17, 15) is 9.59 Å². The molecule has 1 atom stereocenters. The highest BCUT2D eigenvalue weighted by Crippen LogP contribution is 2.28. The van der Waals surface area contributed by atoms with Gasteiger partial charge in [-0.2, -0.15) is 11.8 Å². The van der Waals surface area contributed by atoms with E-state index in [1.807, 2.05) is 30.3 Å². The van der Waals surface area contributed by atoms with Gasteiger partial charge >= 0.3 is 0 Å². The Hall–Kier alpha value is -1.57. The van der Waals surface area contributed by atoms with Crippen LogP contribution in [0, 0.1) is 11.8 Å². The van der Waals surface area contributed by atoms with Crippen molar-refractivity contribution >= 4 is 23.6 Å². The summed E-state index contributed by atoms with van der Waals surface area (Å²) >= 11 is 2.09. The summed E-state index contributed by atoms with van der Waals surface area (Å²) in [5.74, 6) is 3.73. The average molecular weight is 487 g/mol. The molecule has 3 aliphatic rings. The van der Waals surface area contributed by atoms with Gasteiger partial charge in [0.25, 0.3) is 0 Å². The van der Waals surface area contributed by atoms with Crippen LogP contribution in [0.3, 0.4) is 0 Å². The van der Waals surface area contributed by atoms with Crippen LogP contribution in [0.1, 0.15) is 56.9 Å². The van der Waals surface area contributed by atoms with Crippen molar-refractivity contribution in [2.75, 3.05) is 37.7 Å². The maximum atomic E-state index is 13.2. The molecule has 0 radical (unpaired) electrons. The Kier molecular flexibility index (Phi) is 9.31. The number of hydrogen-bond donors (Lipinski definition) is 3. The molecular weight excluding hydrogens is 444 g/mol. The Morgan fingerprint density at radius 3 is 2.38 bits per heavy atom. The SMILES string of the molecule is NC1(C(=O)N[C@H](Cc2ccccc2)C(=O)NCC2CCN(CC3CCSCC3)CC2)CCCC1. The molecular formula is C27H42N4O2S. The van der Waals surface area contributed by atoms with Gasteiger partial charge in [-0.25, -0.2) is 0 Å². The molecule has 188 valence electrons. The molecule has 2 amide bonds. The van der Waals surface area contributed by atoms with Gasteiger partial charge in [-0.1, -0.05) is 43.2 Å². The fourth-order valence-corrected chi connectivity index (χ4v) is 6.83. The predicted octanol–water partition coefficient (Wildman–Crippen LogP) is 2.96. The third-order valence-electron chi connectivity index (χ3n) is 7.98. The smallest absolute Gasteiger partial charge is 0.242 e. The topological polar surface area (TPSA) is 87.5 Å². The standard InChI is InChI=1S/C27H42N4O2S/c28-27(12-4-5-13-27)26(33)30-24(18-21-6-2-1-3-7-21)25(32)29-19-22-8-14-31(15-9-22)20-23-10-16-34-17-11-23/h1-3,6-7,22-24H,4-5,8-20,28H2,(H,29,32)(H,30,33)/t24-/m1/s1. The van der Waals surface area contributed by atoms with Gasteiger partial charge in [0.05, 0.1) is 5.54 Å². The molecule has 34 heavy (non-hydrogen) atoms. The average Bonchev–Trinajstić information content (AvgIpc) is 3.32. The third kappa shape index (κ3) is 7.22. The Morgan fingerprint density at radius 1 is 1.03 bits per heavy atom. The number of nitrogens with one attached hydrogen (secondary N) is 2. The van der Waals surface area contributed by atoms with E-state index in [2.05, 4.69) is 27.3 Å². The number of nitrogens with two attached hydrogens (primary N) is 1. The number of nitrogens with zero attached hydrogens (tertiary/aromatic N) is 1. The molecule has 1 saturated carbocycles. The summed E-state index contributed by atoms with van der Waals surface area (Å²) in [5.41, 5.74) is 6.57. The first-order valence-corrected chi connectivity index (χ1v) is 14.4. The van der Waals surface area contributed by atoms with Crippen molar-refractivity contribution in [2.24, 2.45) is 17.6 Å². The van der Waals surface area contributed by atoms with E-state index >= 15 is 0 Å². The normalized spacial score (nSPS) is 22.9. The largest absolute Gasteiger partial charge is 0.354 e. The first-order chi connectivity index (χ1) is 16.5. The number of amides is 2. The predicted molar refractivity (Wildman–Crippen MR) is 140 cm³/mol. The second kappa shape index (κ2) is 12.4. The Balaban J connectivity index is 1.26. The van der Waals surface area contributed by atoms with Crippen LogP contribution in [0.2, 0.25) is 0 Å². The molecule has 2 saturated heterocycles. The number of carbonyl (C=O) groups excluding carboxylic acids is 2. The van der Waals surface area contributed by atoms with Crippen molar-refractivity contribution in [2.45, 2.75) is 69.4 Å². The Bertz CT molecular complexity index is 785. The molecule has 3 fully saturated rings. The zero-order valence-corrected chi connectivity index (χ0v) is 21.3. The van der Waals surface area contributed by atoms with E-state index in [1.54, 1.807) is 0 Å². The van der Waals surface area contributed by atoms with Gasteiger partial charge in [0, 0.05) is 19.5 Å². The number of rotatable bonds is 9. The van der Waals surface area contributed by atoms with Crippen molar-refractivity contribution in [3.05, 3.63) is 35.9 Å². The van der Waals surface area contributed by atoms with Gasteiger partial charge in [0.1, 0.15) is 6.04 Å². The minimum atomic E-state index is -0.834. The third-order valence-corrected chi connectivity index (χ3v) is 9.03. The summed E-state index contributed by atoms with van der Waals surface area (Å²) in [5, 5.41) is 6.16. The molecule has 0 bridgehead atoms. The van der Waals surface area contributed by atoms with Crippen LogP contribution in [0.5, 0.6) is 0 Å². The van der Waals surface area contributed by atoms with Gasteiger partial charge in [0.15, 0.2) is 0 Å². The van der Waals surface area contributed by atoms with Crippen LogP contribution in [-0.4, -0.2) is 66.0 Å². The maximum Gasteiger partial charge on any atom is 0.242 e. The summed E-state index contributed by atoms with van der Waals surface area (Å²) in [4.78, 5) is 28.8. The van der Waals surface area contributed by atoms with Gasteiger partial charge in [-0.15, -0.1) is 0 Å². The van der Waals surface area contributed by atoms with Gasteiger partial charge in [-0.05, 0) is 80.5 Å². The molecule has 2 heterocycles. The molecule has 7 heteroatoms. The zero-order valence-electron chi connectivity index (χ0n) is 20.5. The maximum absolute atomic E-state index is 13.2. The number of hydrogen-bond acceptors (Lipinski definition) is 5.